The zero-order valence-corrected chi connectivity index (χ0v) is 6.93. The quantitative estimate of drug-likeness (QED) is 0.580. The summed E-state index contributed by atoms with van der Waals surface area (Å²) in [6.45, 7) is 0.270. The van der Waals surface area contributed by atoms with Crippen molar-refractivity contribution in [3.05, 3.63) is 0 Å². The lowest BCUT2D eigenvalue weighted by molar-refractivity contribution is -0.109. The van der Waals surface area contributed by atoms with Crippen LogP contribution in [0.2, 0.25) is 0 Å². The van der Waals surface area contributed by atoms with Gasteiger partial charge in [-0.15, -0.1) is 0 Å². The first-order chi connectivity index (χ1) is 5.17. The monoisotopic (exact) mass is 177 g/mol. The molecule has 4 nitrogen and oxygen atoms in total. The molecule has 0 bridgehead atoms. The van der Waals surface area contributed by atoms with Gasteiger partial charge in [-0.05, 0) is 12.8 Å². The van der Waals surface area contributed by atoms with Gasteiger partial charge in [-0.3, -0.25) is 4.79 Å². The molecule has 0 saturated carbocycles. The lowest BCUT2D eigenvalue weighted by Gasteiger charge is -2.06. The average Bonchev–Trinajstić information content (AvgIpc) is 2.25. The molecule has 5 heteroatoms. The van der Waals surface area contributed by atoms with Gasteiger partial charge in [0.05, 0.1) is 11.0 Å². The number of hydrogen-bond donors (Lipinski definition) is 1. The molecule has 1 heterocycles. The van der Waals surface area contributed by atoms with Crippen molar-refractivity contribution >= 4 is 16.2 Å². The number of hydrogen-bond acceptors (Lipinski definition) is 3. The summed E-state index contributed by atoms with van der Waals surface area (Å²) in [5.74, 6) is 0.276. The molecule has 1 unspecified atom stereocenters. The minimum Gasteiger partial charge on any atom is -0.357 e. The minimum atomic E-state index is -2.88. The third-order valence-electron chi connectivity index (χ3n) is 1.89. The van der Waals surface area contributed by atoms with Crippen LogP contribution in [0.5, 0.6) is 0 Å². The number of sulfone groups is 1. The Morgan fingerprint density at radius 2 is 2.27 bits per heavy atom. The second-order valence-electron chi connectivity index (χ2n) is 2.66. The fourth-order valence-corrected chi connectivity index (χ4v) is 3.05. The van der Waals surface area contributed by atoms with Gasteiger partial charge in [-0.2, -0.15) is 0 Å². The highest BCUT2D eigenvalue weighted by molar-refractivity contribution is 7.92. The summed E-state index contributed by atoms with van der Waals surface area (Å²) in [7, 11) is -2.88. The highest BCUT2D eigenvalue weighted by Gasteiger charge is 2.30. The second kappa shape index (κ2) is 3.21. The molecule has 64 valence electrons. The van der Waals surface area contributed by atoms with Gasteiger partial charge < -0.3 is 5.32 Å². The molecule has 1 saturated heterocycles. The molecular formula is C6H11NO3S. The van der Waals surface area contributed by atoms with Gasteiger partial charge in [0, 0.05) is 6.54 Å². The Morgan fingerprint density at radius 1 is 1.55 bits per heavy atom. The van der Waals surface area contributed by atoms with Gasteiger partial charge >= 0.3 is 0 Å². The predicted molar refractivity (Wildman–Crippen MR) is 40.9 cm³/mol. The van der Waals surface area contributed by atoms with Gasteiger partial charge in [-0.1, -0.05) is 0 Å². The molecule has 1 rings (SSSR count). The van der Waals surface area contributed by atoms with Crippen LogP contribution in [0.15, 0.2) is 0 Å². The SMILES string of the molecule is O=CNCC1CCCS1(=O)=O. The van der Waals surface area contributed by atoms with E-state index in [2.05, 4.69) is 5.32 Å². The Kier molecular flexibility index (Phi) is 2.49. The van der Waals surface area contributed by atoms with E-state index in [-0.39, 0.29) is 17.5 Å². The van der Waals surface area contributed by atoms with E-state index in [1.165, 1.54) is 0 Å². The molecule has 0 aromatic carbocycles. The average molecular weight is 177 g/mol. The maximum Gasteiger partial charge on any atom is 0.207 e. The number of nitrogens with one attached hydrogen (secondary N) is 1. The highest BCUT2D eigenvalue weighted by Crippen LogP contribution is 2.18. The molecule has 1 amide bonds. The molecule has 0 spiro atoms. The van der Waals surface area contributed by atoms with Crippen molar-refractivity contribution < 1.29 is 13.2 Å². The minimum absolute atomic E-state index is 0.270. The number of carbonyl (C=O) groups is 1. The lowest BCUT2D eigenvalue weighted by Crippen LogP contribution is -2.29. The third kappa shape index (κ3) is 1.92. The van der Waals surface area contributed by atoms with E-state index in [9.17, 15) is 13.2 Å². The van der Waals surface area contributed by atoms with Crippen LogP contribution in [0.25, 0.3) is 0 Å². The lowest BCUT2D eigenvalue weighted by atomic mass is 10.2. The molecule has 1 atom stereocenters. The van der Waals surface area contributed by atoms with E-state index < -0.39 is 9.84 Å². The number of rotatable bonds is 3. The van der Waals surface area contributed by atoms with Crippen molar-refractivity contribution in [1.29, 1.82) is 0 Å². The van der Waals surface area contributed by atoms with Crippen LogP contribution >= 0.6 is 0 Å². The molecule has 11 heavy (non-hydrogen) atoms. The maximum atomic E-state index is 11.1. The summed E-state index contributed by atoms with van der Waals surface area (Å²) in [5, 5.41) is 2.05. The molecule has 0 aliphatic carbocycles. The molecule has 0 radical (unpaired) electrons. The topological polar surface area (TPSA) is 63.2 Å². The molecule has 1 aliphatic rings. The first-order valence-electron chi connectivity index (χ1n) is 3.55. The Labute approximate surface area is 65.9 Å². The fraction of sp³-hybridized carbons (Fsp3) is 0.833. The van der Waals surface area contributed by atoms with Crippen LogP contribution in [0.4, 0.5) is 0 Å². The Bertz CT molecular complexity index is 234. The molecule has 1 fully saturated rings. The van der Waals surface area contributed by atoms with Gasteiger partial charge in [0.25, 0.3) is 0 Å². The summed E-state index contributed by atoms with van der Waals surface area (Å²) in [5.41, 5.74) is 0. The molecular weight excluding hydrogens is 166 g/mol. The van der Waals surface area contributed by atoms with E-state index in [1.807, 2.05) is 0 Å². The van der Waals surface area contributed by atoms with Crippen LogP contribution in [0.1, 0.15) is 12.8 Å². The molecule has 1 N–H and O–H groups in total. The van der Waals surface area contributed by atoms with Crippen molar-refractivity contribution in [2.45, 2.75) is 18.1 Å². The van der Waals surface area contributed by atoms with Crippen LogP contribution in [0, 0.1) is 0 Å². The Balaban J connectivity index is 2.52. The van der Waals surface area contributed by atoms with E-state index in [4.69, 9.17) is 0 Å². The van der Waals surface area contributed by atoms with Gasteiger partial charge in [-0.25, -0.2) is 8.42 Å². The summed E-state index contributed by atoms with van der Waals surface area (Å²) in [6.07, 6.45) is 1.95. The fourth-order valence-electron chi connectivity index (χ4n) is 1.27. The molecule has 0 aromatic rings. The summed E-state index contributed by atoms with van der Waals surface area (Å²) in [4.78, 5) is 9.87. The van der Waals surface area contributed by atoms with E-state index >= 15 is 0 Å². The normalized spacial score (nSPS) is 28.2. The van der Waals surface area contributed by atoms with Crippen LogP contribution in [-0.4, -0.2) is 32.4 Å². The van der Waals surface area contributed by atoms with Crippen LogP contribution < -0.4 is 5.32 Å². The van der Waals surface area contributed by atoms with Crippen molar-refractivity contribution in [2.24, 2.45) is 0 Å². The first kappa shape index (κ1) is 8.52. The van der Waals surface area contributed by atoms with Crippen molar-refractivity contribution in [3.63, 3.8) is 0 Å². The standard InChI is InChI=1S/C6H11NO3S/c8-5-7-4-6-2-1-3-11(6,9)10/h5-6H,1-4H2,(H,7,8). The maximum absolute atomic E-state index is 11.1. The van der Waals surface area contributed by atoms with E-state index in [0.29, 0.717) is 12.8 Å². The summed E-state index contributed by atoms with van der Waals surface area (Å²) < 4.78 is 22.2. The zero-order chi connectivity index (χ0) is 8.32. The highest BCUT2D eigenvalue weighted by atomic mass is 32.2. The number of amides is 1. The van der Waals surface area contributed by atoms with Crippen molar-refractivity contribution in [2.75, 3.05) is 12.3 Å². The zero-order valence-electron chi connectivity index (χ0n) is 6.12. The van der Waals surface area contributed by atoms with E-state index in [1.54, 1.807) is 0 Å². The predicted octanol–water partition coefficient (Wildman–Crippen LogP) is -0.690. The molecule has 1 aliphatic heterocycles. The second-order valence-corrected chi connectivity index (χ2v) is 5.06. The smallest absolute Gasteiger partial charge is 0.207 e. The summed E-state index contributed by atoms with van der Waals surface area (Å²) in [6, 6.07) is 0. The van der Waals surface area contributed by atoms with Crippen molar-refractivity contribution in [1.82, 2.24) is 5.32 Å². The summed E-state index contributed by atoms with van der Waals surface area (Å²) >= 11 is 0. The Morgan fingerprint density at radius 3 is 2.73 bits per heavy atom. The van der Waals surface area contributed by atoms with Gasteiger partial charge in [0.1, 0.15) is 0 Å². The first-order valence-corrected chi connectivity index (χ1v) is 5.27. The van der Waals surface area contributed by atoms with Crippen LogP contribution in [0.3, 0.4) is 0 Å². The largest absolute Gasteiger partial charge is 0.357 e. The Hall–Kier alpha value is -0.580. The third-order valence-corrected chi connectivity index (χ3v) is 4.17. The van der Waals surface area contributed by atoms with Crippen molar-refractivity contribution in [3.8, 4) is 0 Å². The van der Waals surface area contributed by atoms with Gasteiger partial charge in [0.2, 0.25) is 6.41 Å². The van der Waals surface area contributed by atoms with Gasteiger partial charge in [0.15, 0.2) is 9.84 Å². The van der Waals surface area contributed by atoms with Crippen LogP contribution in [-0.2, 0) is 14.6 Å². The molecule has 0 aromatic heterocycles. The van der Waals surface area contributed by atoms with E-state index in [0.717, 1.165) is 6.42 Å². The number of carbonyl (C=O) groups excluding carboxylic acids is 1.